The molecule has 3 rings (SSSR count). The highest BCUT2D eigenvalue weighted by Gasteiger charge is 2.31. The van der Waals surface area contributed by atoms with E-state index >= 15 is 0 Å². The Morgan fingerprint density at radius 3 is 2.44 bits per heavy atom. The molecule has 0 radical (unpaired) electrons. The molecule has 0 aromatic heterocycles. The Morgan fingerprint density at radius 2 is 1.80 bits per heavy atom. The number of carbonyl (C=O) groups is 1. The number of amides is 1. The first-order valence-corrected chi connectivity index (χ1v) is 11.6. The van der Waals surface area contributed by atoms with Crippen molar-refractivity contribution in [2.75, 3.05) is 18.1 Å². The number of hydrogen-bond acceptors (Lipinski definition) is 4. The second-order valence-electron chi connectivity index (χ2n) is 6.85. The van der Waals surface area contributed by atoms with Gasteiger partial charge >= 0.3 is 0 Å². The Bertz CT molecular complexity index is 698. The second kappa shape index (κ2) is 8.10. The van der Waals surface area contributed by atoms with E-state index in [9.17, 15) is 13.2 Å². The van der Waals surface area contributed by atoms with E-state index in [1.165, 1.54) is 0 Å². The number of benzene rings is 1. The zero-order valence-electron chi connectivity index (χ0n) is 14.6. The SMILES string of the molecule is CC1CCCCN1S(=O)(=O)c1ccc(C(=O)NC2CCSCC2)cc1. The Labute approximate surface area is 154 Å². The van der Waals surface area contributed by atoms with Crippen LogP contribution in [0.5, 0.6) is 0 Å². The fraction of sp³-hybridized carbons (Fsp3) is 0.611. The zero-order chi connectivity index (χ0) is 17.9. The molecule has 1 amide bonds. The Hall–Kier alpha value is -1.05. The van der Waals surface area contributed by atoms with E-state index < -0.39 is 10.0 Å². The Kier molecular flexibility index (Phi) is 6.07. The maximum atomic E-state index is 12.8. The van der Waals surface area contributed by atoms with Gasteiger partial charge in [-0.1, -0.05) is 6.42 Å². The summed E-state index contributed by atoms with van der Waals surface area (Å²) in [7, 11) is -3.48. The van der Waals surface area contributed by atoms with E-state index in [-0.39, 0.29) is 22.9 Å². The van der Waals surface area contributed by atoms with Crippen LogP contribution in [0.3, 0.4) is 0 Å². The Balaban J connectivity index is 1.69. The van der Waals surface area contributed by atoms with E-state index in [4.69, 9.17) is 0 Å². The van der Waals surface area contributed by atoms with Gasteiger partial charge in [0.1, 0.15) is 0 Å². The monoisotopic (exact) mass is 382 g/mol. The van der Waals surface area contributed by atoms with Crippen molar-refractivity contribution >= 4 is 27.7 Å². The largest absolute Gasteiger partial charge is 0.349 e. The molecule has 1 aromatic carbocycles. The first-order valence-electron chi connectivity index (χ1n) is 8.99. The molecule has 1 aromatic rings. The van der Waals surface area contributed by atoms with E-state index in [0.717, 1.165) is 43.6 Å². The third kappa shape index (κ3) is 4.38. The summed E-state index contributed by atoms with van der Waals surface area (Å²) in [6, 6.07) is 6.62. The third-order valence-electron chi connectivity index (χ3n) is 5.02. The molecule has 2 aliphatic heterocycles. The van der Waals surface area contributed by atoms with Crippen LogP contribution in [0.15, 0.2) is 29.2 Å². The molecule has 1 N–H and O–H groups in total. The summed E-state index contributed by atoms with van der Waals surface area (Å²) in [4.78, 5) is 12.6. The quantitative estimate of drug-likeness (QED) is 0.870. The van der Waals surface area contributed by atoms with Crippen LogP contribution < -0.4 is 5.32 Å². The molecule has 138 valence electrons. The lowest BCUT2D eigenvalue weighted by atomic mass is 10.1. The van der Waals surface area contributed by atoms with Gasteiger partial charge in [-0.15, -0.1) is 0 Å². The standard InChI is InChI=1S/C18H26N2O3S2/c1-14-4-2-3-11-20(14)25(22,23)17-7-5-15(6-8-17)18(21)19-16-9-12-24-13-10-16/h5-8,14,16H,2-4,9-13H2,1H3,(H,19,21). The number of nitrogens with one attached hydrogen (secondary N) is 1. The van der Waals surface area contributed by atoms with Crippen molar-refractivity contribution in [3.8, 4) is 0 Å². The summed E-state index contributed by atoms with van der Waals surface area (Å²) in [5.74, 6) is 2.04. The average Bonchev–Trinajstić information content (AvgIpc) is 2.63. The normalized spacial score (nSPS) is 23.3. The highest BCUT2D eigenvalue weighted by Crippen LogP contribution is 2.25. The molecule has 2 fully saturated rings. The summed E-state index contributed by atoms with van der Waals surface area (Å²) in [6.07, 6.45) is 4.88. The molecule has 1 atom stereocenters. The number of sulfonamides is 1. The minimum Gasteiger partial charge on any atom is -0.349 e. The van der Waals surface area contributed by atoms with Crippen LogP contribution in [-0.4, -0.2) is 48.8 Å². The van der Waals surface area contributed by atoms with Gasteiger partial charge in [-0.25, -0.2) is 8.42 Å². The summed E-state index contributed by atoms with van der Waals surface area (Å²) >= 11 is 1.92. The van der Waals surface area contributed by atoms with Crippen molar-refractivity contribution in [1.29, 1.82) is 0 Å². The van der Waals surface area contributed by atoms with Gasteiger partial charge in [-0.3, -0.25) is 4.79 Å². The van der Waals surface area contributed by atoms with Crippen LogP contribution in [-0.2, 0) is 10.0 Å². The molecule has 7 heteroatoms. The predicted molar refractivity (Wildman–Crippen MR) is 101 cm³/mol. The second-order valence-corrected chi connectivity index (χ2v) is 9.96. The third-order valence-corrected chi connectivity index (χ3v) is 8.10. The van der Waals surface area contributed by atoms with Crippen molar-refractivity contribution in [1.82, 2.24) is 9.62 Å². The highest BCUT2D eigenvalue weighted by atomic mass is 32.2. The number of piperidine rings is 1. The first-order chi connectivity index (χ1) is 12.0. The molecule has 0 saturated carbocycles. The van der Waals surface area contributed by atoms with Gasteiger partial charge in [0.2, 0.25) is 10.0 Å². The highest BCUT2D eigenvalue weighted by molar-refractivity contribution is 7.99. The minimum atomic E-state index is -3.48. The predicted octanol–water partition coefficient (Wildman–Crippen LogP) is 2.88. The maximum Gasteiger partial charge on any atom is 0.251 e. The number of nitrogens with zero attached hydrogens (tertiary/aromatic N) is 1. The lowest BCUT2D eigenvalue weighted by molar-refractivity contribution is 0.0934. The van der Waals surface area contributed by atoms with E-state index in [2.05, 4.69) is 5.32 Å². The number of hydrogen-bond donors (Lipinski definition) is 1. The van der Waals surface area contributed by atoms with Crippen molar-refractivity contribution in [3.63, 3.8) is 0 Å². The lowest BCUT2D eigenvalue weighted by Gasteiger charge is -2.32. The summed E-state index contributed by atoms with van der Waals surface area (Å²) < 4.78 is 27.2. The average molecular weight is 383 g/mol. The van der Waals surface area contributed by atoms with Crippen LogP contribution in [0.4, 0.5) is 0 Å². The number of thioether (sulfide) groups is 1. The van der Waals surface area contributed by atoms with Crippen molar-refractivity contribution in [3.05, 3.63) is 29.8 Å². The topological polar surface area (TPSA) is 66.5 Å². The fourth-order valence-electron chi connectivity index (χ4n) is 3.45. The van der Waals surface area contributed by atoms with Gasteiger partial charge in [0.25, 0.3) is 5.91 Å². The van der Waals surface area contributed by atoms with Crippen LogP contribution in [0.25, 0.3) is 0 Å². The summed E-state index contributed by atoms with van der Waals surface area (Å²) in [5, 5.41) is 3.05. The molecular weight excluding hydrogens is 356 g/mol. The van der Waals surface area contributed by atoms with Gasteiger partial charge < -0.3 is 5.32 Å². The van der Waals surface area contributed by atoms with Crippen LogP contribution in [0, 0.1) is 0 Å². The molecular formula is C18H26N2O3S2. The number of rotatable bonds is 4. The zero-order valence-corrected chi connectivity index (χ0v) is 16.2. The van der Waals surface area contributed by atoms with Gasteiger partial charge in [0, 0.05) is 24.2 Å². The number of carbonyl (C=O) groups excluding carboxylic acids is 1. The summed E-state index contributed by atoms with van der Waals surface area (Å²) in [5.41, 5.74) is 0.517. The Morgan fingerprint density at radius 1 is 1.12 bits per heavy atom. The smallest absolute Gasteiger partial charge is 0.251 e. The lowest BCUT2D eigenvalue weighted by Crippen LogP contribution is -2.41. The maximum absolute atomic E-state index is 12.8. The van der Waals surface area contributed by atoms with Crippen molar-refractivity contribution < 1.29 is 13.2 Å². The molecule has 1 unspecified atom stereocenters. The van der Waals surface area contributed by atoms with Crippen LogP contribution >= 0.6 is 11.8 Å². The van der Waals surface area contributed by atoms with E-state index in [1.807, 2.05) is 18.7 Å². The van der Waals surface area contributed by atoms with Crippen molar-refractivity contribution in [2.45, 2.75) is 56.0 Å². The van der Waals surface area contributed by atoms with Gasteiger partial charge in [-0.05, 0) is 68.4 Å². The van der Waals surface area contributed by atoms with Crippen LogP contribution in [0.2, 0.25) is 0 Å². The van der Waals surface area contributed by atoms with E-state index in [0.29, 0.717) is 12.1 Å². The van der Waals surface area contributed by atoms with Gasteiger partial charge in [0.05, 0.1) is 4.90 Å². The molecule has 0 bridgehead atoms. The minimum absolute atomic E-state index is 0.0332. The molecule has 5 nitrogen and oxygen atoms in total. The molecule has 2 heterocycles. The molecule has 2 saturated heterocycles. The van der Waals surface area contributed by atoms with Gasteiger partial charge in [-0.2, -0.15) is 16.1 Å². The van der Waals surface area contributed by atoms with Gasteiger partial charge in [0.15, 0.2) is 0 Å². The first kappa shape index (κ1) is 18.7. The molecule has 25 heavy (non-hydrogen) atoms. The van der Waals surface area contributed by atoms with Crippen molar-refractivity contribution in [2.24, 2.45) is 0 Å². The molecule has 0 spiro atoms. The van der Waals surface area contributed by atoms with E-state index in [1.54, 1.807) is 28.6 Å². The summed E-state index contributed by atoms with van der Waals surface area (Å²) in [6.45, 7) is 2.53. The fourth-order valence-corrected chi connectivity index (χ4v) is 6.26. The molecule has 2 aliphatic rings. The molecule has 0 aliphatic carbocycles. The van der Waals surface area contributed by atoms with Crippen LogP contribution in [0.1, 0.15) is 49.4 Å².